The summed E-state index contributed by atoms with van der Waals surface area (Å²) in [6, 6.07) is 7.05. The lowest BCUT2D eigenvalue weighted by Crippen LogP contribution is -2.47. The summed E-state index contributed by atoms with van der Waals surface area (Å²) in [5.74, 6) is 0.692. The molecule has 0 bridgehead atoms. The Labute approximate surface area is 127 Å². The molecule has 1 aromatic carbocycles. The van der Waals surface area contributed by atoms with Crippen molar-refractivity contribution in [1.82, 2.24) is 4.72 Å². The lowest BCUT2D eigenvalue weighted by atomic mass is 10.2. The zero-order chi connectivity index (χ0) is 14.8. The molecule has 112 valence electrons. The first-order valence-electron chi connectivity index (χ1n) is 6.39. The smallest absolute Gasteiger partial charge is 0.214 e. The van der Waals surface area contributed by atoms with Crippen molar-refractivity contribution in [3.05, 3.63) is 28.7 Å². The molecule has 1 aliphatic rings. The van der Waals surface area contributed by atoms with E-state index in [-0.39, 0.29) is 12.1 Å². The summed E-state index contributed by atoms with van der Waals surface area (Å²) in [5, 5.41) is -0.476. The topological polar surface area (TPSA) is 64.6 Å². The second kappa shape index (κ2) is 6.43. The largest absolute Gasteiger partial charge is 0.486 e. The third-order valence-electron chi connectivity index (χ3n) is 3.07. The van der Waals surface area contributed by atoms with Gasteiger partial charge in [-0.05, 0) is 38.1 Å². The summed E-state index contributed by atoms with van der Waals surface area (Å²) in [4.78, 5) is 0. The molecule has 0 spiro atoms. The Kier molecular flexibility index (Phi) is 5.06. The fourth-order valence-corrected chi connectivity index (χ4v) is 2.97. The summed E-state index contributed by atoms with van der Waals surface area (Å²) in [7, 11) is -3.33. The molecule has 5 nitrogen and oxygen atoms in total. The van der Waals surface area contributed by atoms with Crippen molar-refractivity contribution in [3.8, 4) is 5.75 Å². The predicted molar refractivity (Wildman–Crippen MR) is 80.4 cm³/mol. The molecule has 0 unspecified atom stereocenters. The van der Waals surface area contributed by atoms with Gasteiger partial charge < -0.3 is 9.47 Å². The van der Waals surface area contributed by atoms with Gasteiger partial charge in [-0.1, -0.05) is 15.9 Å². The molecule has 1 aliphatic heterocycles. The molecule has 1 N–H and O–H groups in total. The quantitative estimate of drug-likeness (QED) is 0.867. The molecule has 2 rings (SSSR count). The number of hydrogen-bond acceptors (Lipinski definition) is 4. The zero-order valence-corrected chi connectivity index (χ0v) is 13.8. The Morgan fingerprint density at radius 1 is 1.30 bits per heavy atom. The average molecular weight is 364 g/mol. The molecule has 1 aromatic rings. The number of benzene rings is 1. The van der Waals surface area contributed by atoms with Crippen LogP contribution in [0.25, 0.3) is 0 Å². The van der Waals surface area contributed by atoms with Crippen LogP contribution in [0.3, 0.4) is 0 Å². The maximum atomic E-state index is 11.9. The van der Waals surface area contributed by atoms with Crippen LogP contribution in [0.1, 0.15) is 13.8 Å². The van der Waals surface area contributed by atoms with E-state index in [0.717, 1.165) is 4.47 Å². The van der Waals surface area contributed by atoms with E-state index in [1.54, 1.807) is 13.8 Å². The Bertz CT molecular complexity index is 544. The van der Waals surface area contributed by atoms with Crippen molar-refractivity contribution in [2.45, 2.75) is 31.2 Å². The van der Waals surface area contributed by atoms with Crippen LogP contribution >= 0.6 is 15.9 Å². The molecule has 1 fully saturated rings. The molecular formula is C13H18BrNO4S. The van der Waals surface area contributed by atoms with Gasteiger partial charge >= 0.3 is 0 Å². The van der Waals surface area contributed by atoms with Crippen LogP contribution in [0, 0.1) is 0 Å². The summed E-state index contributed by atoms with van der Waals surface area (Å²) in [6.45, 7) is 3.99. The molecular weight excluding hydrogens is 346 g/mol. The van der Waals surface area contributed by atoms with Crippen molar-refractivity contribution < 1.29 is 17.9 Å². The van der Waals surface area contributed by atoms with Crippen LogP contribution in [0.4, 0.5) is 0 Å². The van der Waals surface area contributed by atoms with Crippen LogP contribution in [0.2, 0.25) is 0 Å². The van der Waals surface area contributed by atoms with Gasteiger partial charge in [-0.3, -0.25) is 0 Å². The van der Waals surface area contributed by atoms with E-state index in [9.17, 15) is 8.42 Å². The second-order valence-electron chi connectivity index (χ2n) is 4.97. The Balaban J connectivity index is 2.02. The number of halogens is 1. The maximum absolute atomic E-state index is 11.9. The molecule has 7 heteroatoms. The highest BCUT2D eigenvalue weighted by molar-refractivity contribution is 9.10. The lowest BCUT2D eigenvalue weighted by Gasteiger charge is -2.21. The summed E-state index contributed by atoms with van der Waals surface area (Å²) >= 11 is 3.35. The Morgan fingerprint density at radius 2 is 1.95 bits per heavy atom. The van der Waals surface area contributed by atoms with Crippen LogP contribution in [0.15, 0.2) is 28.7 Å². The van der Waals surface area contributed by atoms with Gasteiger partial charge in [-0.2, -0.15) is 0 Å². The molecule has 0 radical (unpaired) electrons. The summed E-state index contributed by atoms with van der Waals surface area (Å²) in [5.41, 5.74) is 0. The van der Waals surface area contributed by atoms with Crippen molar-refractivity contribution in [2.75, 3.05) is 13.2 Å². The second-order valence-corrected chi connectivity index (χ2v) is 8.15. The van der Waals surface area contributed by atoms with E-state index >= 15 is 0 Å². The van der Waals surface area contributed by atoms with Crippen LogP contribution < -0.4 is 9.46 Å². The molecule has 1 saturated heterocycles. The van der Waals surface area contributed by atoms with E-state index in [4.69, 9.17) is 9.47 Å². The van der Waals surface area contributed by atoms with Gasteiger partial charge in [0.1, 0.15) is 11.9 Å². The molecule has 20 heavy (non-hydrogen) atoms. The first kappa shape index (κ1) is 15.8. The Morgan fingerprint density at radius 3 is 2.55 bits per heavy atom. The van der Waals surface area contributed by atoms with Crippen LogP contribution in [-0.4, -0.2) is 39.0 Å². The van der Waals surface area contributed by atoms with Crippen LogP contribution in [-0.2, 0) is 14.8 Å². The predicted octanol–water partition coefficient (Wildman–Crippen LogP) is 1.92. The minimum Gasteiger partial charge on any atom is -0.486 e. The number of rotatable bonds is 5. The van der Waals surface area contributed by atoms with Crippen molar-refractivity contribution in [2.24, 2.45) is 0 Å². The monoisotopic (exact) mass is 363 g/mol. The van der Waals surface area contributed by atoms with Gasteiger partial charge in [0, 0.05) is 4.47 Å². The highest BCUT2D eigenvalue weighted by Crippen LogP contribution is 2.20. The Hall–Kier alpha value is -0.630. The van der Waals surface area contributed by atoms with Crippen molar-refractivity contribution >= 4 is 26.0 Å². The van der Waals surface area contributed by atoms with E-state index in [2.05, 4.69) is 20.7 Å². The highest BCUT2D eigenvalue weighted by Gasteiger charge is 2.34. The summed E-state index contributed by atoms with van der Waals surface area (Å²) in [6.07, 6.45) is -0.315. The first-order valence-corrected chi connectivity index (χ1v) is 8.73. The normalized spacial score (nSPS) is 23.2. The van der Waals surface area contributed by atoms with Crippen LogP contribution in [0.5, 0.6) is 5.75 Å². The maximum Gasteiger partial charge on any atom is 0.214 e. The van der Waals surface area contributed by atoms with Gasteiger partial charge in [0.15, 0.2) is 0 Å². The van der Waals surface area contributed by atoms with E-state index in [1.165, 1.54) is 0 Å². The molecule has 1 heterocycles. The van der Waals surface area contributed by atoms with Gasteiger partial charge in [0.2, 0.25) is 10.0 Å². The van der Waals surface area contributed by atoms with Gasteiger partial charge in [0.05, 0.1) is 24.5 Å². The minimum atomic E-state index is -3.33. The van der Waals surface area contributed by atoms with E-state index in [1.807, 2.05) is 24.3 Å². The van der Waals surface area contributed by atoms with Crippen molar-refractivity contribution in [3.63, 3.8) is 0 Å². The third-order valence-corrected chi connectivity index (χ3v) is 5.47. The fourth-order valence-electron chi connectivity index (χ4n) is 1.80. The number of ether oxygens (including phenoxy) is 2. The van der Waals surface area contributed by atoms with E-state index < -0.39 is 15.3 Å². The van der Waals surface area contributed by atoms with Gasteiger partial charge in [-0.15, -0.1) is 0 Å². The standard InChI is InChI=1S/C13H18BrNO4S/c1-9(2)20(16,17)15-12-7-18-8-13(12)19-11-5-3-10(14)4-6-11/h3-6,9,12-13,15H,7-8H2,1-2H3/t12-,13-/m0/s1. The highest BCUT2D eigenvalue weighted by atomic mass is 79.9. The summed E-state index contributed by atoms with van der Waals surface area (Å²) < 4.78 is 38.5. The third kappa shape index (κ3) is 3.94. The molecule has 2 atom stereocenters. The lowest BCUT2D eigenvalue weighted by molar-refractivity contribution is 0.140. The molecule has 0 aliphatic carbocycles. The molecule has 0 amide bonds. The van der Waals surface area contributed by atoms with E-state index in [0.29, 0.717) is 19.0 Å². The molecule has 0 saturated carbocycles. The van der Waals surface area contributed by atoms with Gasteiger partial charge in [0.25, 0.3) is 0 Å². The van der Waals surface area contributed by atoms with Gasteiger partial charge in [-0.25, -0.2) is 13.1 Å². The SMILES string of the molecule is CC(C)S(=O)(=O)N[C@H]1COC[C@@H]1Oc1ccc(Br)cc1. The minimum absolute atomic E-state index is 0.315. The zero-order valence-electron chi connectivity index (χ0n) is 11.4. The average Bonchev–Trinajstić information content (AvgIpc) is 2.79. The fraction of sp³-hybridized carbons (Fsp3) is 0.538. The first-order chi connectivity index (χ1) is 9.38. The number of hydrogen-bond donors (Lipinski definition) is 1. The molecule has 0 aromatic heterocycles. The number of sulfonamides is 1. The number of nitrogens with one attached hydrogen (secondary N) is 1. The van der Waals surface area contributed by atoms with Crippen molar-refractivity contribution in [1.29, 1.82) is 0 Å².